The fourth-order valence-electron chi connectivity index (χ4n) is 1.50. The zero-order valence-corrected chi connectivity index (χ0v) is 7.86. The lowest BCUT2D eigenvalue weighted by Crippen LogP contribution is -2.48. The molecule has 4 nitrogen and oxygen atoms in total. The van der Waals surface area contributed by atoms with Gasteiger partial charge >= 0.3 is 0 Å². The van der Waals surface area contributed by atoms with Crippen molar-refractivity contribution in [2.45, 2.75) is 38.0 Å². The third-order valence-electron chi connectivity index (χ3n) is 2.22. The molecule has 0 aromatic carbocycles. The lowest BCUT2D eigenvalue weighted by Gasteiger charge is -2.29. The van der Waals surface area contributed by atoms with Crippen molar-refractivity contribution in [1.82, 2.24) is 5.32 Å². The first-order chi connectivity index (χ1) is 6.27. The van der Waals surface area contributed by atoms with E-state index in [1.54, 1.807) is 0 Å². The first-order valence-corrected chi connectivity index (χ1v) is 4.66. The van der Waals surface area contributed by atoms with Crippen LogP contribution in [0.15, 0.2) is 0 Å². The van der Waals surface area contributed by atoms with Crippen LogP contribution in [0.2, 0.25) is 0 Å². The molecule has 2 N–H and O–H groups in total. The van der Waals surface area contributed by atoms with Crippen molar-refractivity contribution in [3.8, 4) is 6.07 Å². The van der Waals surface area contributed by atoms with Crippen LogP contribution in [0.4, 0.5) is 0 Å². The van der Waals surface area contributed by atoms with E-state index in [-0.39, 0.29) is 24.8 Å². The minimum absolute atomic E-state index is 0.0301. The smallest absolute Gasteiger partial charge is 0.159 e. The minimum Gasteiger partial charge on any atom is -0.395 e. The maximum atomic E-state index is 8.84. The highest BCUT2D eigenvalue weighted by molar-refractivity contribution is 4.96. The molecule has 0 aliphatic carbocycles. The van der Waals surface area contributed by atoms with Gasteiger partial charge in [0.2, 0.25) is 0 Å². The fourth-order valence-corrected chi connectivity index (χ4v) is 1.50. The molecule has 0 bridgehead atoms. The van der Waals surface area contributed by atoms with Gasteiger partial charge in [0.15, 0.2) is 6.10 Å². The molecule has 0 spiro atoms. The van der Waals surface area contributed by atoms with Crippen molar-refractivity contribution in [3.05, 3.63) is 0 Å². The maximum absolute atomic E-state index is 8.84. The number of nitriles is 1. The van der Waals surface area contributed by atoms with E-state index in [2.05, 4.69) is 11.4 Å². The van der Waals surface area contributed by atoms with Gasteiger partial charge in [-0.3, -0.25) is 0 Å². The van der Waals surface area contributed by atoms with Crippen LogP contribution >= 0.6 is 0 Å². The van der Waals surface area contributed by atoms with Gasteiger partial charge < -0.3 is 15.2 Å². The van der Waals surface area contributed by atoms with E-state index in [1.807, 2.05) is 6.92 Å². The summed E-state index contributed by atoms with van der Waals surface area (Å²) >= 11 is 0. The van der Waals surface area contributed by atoms with Crippen molar-refractivity contribution < 1.29 is 9.84 Å². The number of rotatable bonds is 3. The summed E-state index contributed by atoms with van der Waals surface area (Å²) in [5.74, 6) is 0. The fraction of sp³-hybridized carbons (Fsp3) is 0.889. The molecule has 1 aliphatic rings. The van der Waals surface area contributed by atoms with Crippen LogP contribution in [0, 0.1) is 11.3 Å². The third-order valence-corrected chi connectivity index (χ3v) is 2.22. The van der Waals surface area contributed by atoms with Gasteiger partial charge in [0.1, 0.15) is 0 Å². The number of nitrogens with one attached hydrogen (secondary N) is 1. The number of hydrogen-bond donors (Lipinski definition) is 2. The highest BCUT2D eigenvalue weighted by Crippen LogP contribution is 2.13. The normalized spacial score (nSPS) is 30.8. The van der Waals surface area contributed by atoms with Gasteiger partial charge in [0, 0.05) is 18.7 Å². The molecular weight excluding hydrogens is 168 g/mol. The van der Waals surface area contributed by atoms with Crippen LogP contribution in [0.5, 0.6) is 0 Å². The molecular formula is C9H16N2O2. The van der Waals surface area contributed by atoms with Gasteiger partial charge in [0.05, 0.1) is 12.7 Å². The highest BCUT2D eigenvalue weighted by Gasteiger charge is 2.26. The summed E-state index contributed by atoms with van der Waals surface area (Å²) in [6, 6.07) is 2.22. The van der Waals surface area contributed by atoms with Crippen LogP contribution < -0.4 is 5.32 Å². The van der Waals surface area contributed by atoms with Crippen LogP contribution in [0.25, 0.3) is 0 Å². The van der Waals surface area contributed by atoms with Gasteiger partial charge in [0.25, 0.3) is 0 Å². The Bertz CT molecular complexity index is 191. The molecule has 74 valence electrons. The highest BCUT2D eigenvalue weighted by atomic mass is 16.5. The summed E-state index contributed by atoms with van der Waals surface area (Å²) in [5, 5.41) is 20.8. The third kappa shape index (κ3) is 2.96. The number of ether oxygens (including phenoxy) is 1. The Labute approximate surface area is 78.5 Å². The molecule has 13 heavy (non-hydrogen) atoms. The maximum Gasteiger partial charge on any atom is 0.159 e. The predicted octanol–water partition coefficient (Wildman–Crippen LogP) is 0.0280. The van der Waals surface area contributed by atoms with Crippen molar-refractivity contribution in [2.75, 3.05) is 13.2 Å². The van der Waals surface area contributed by atoms with Gasteiger partial charge in [-0.2, -0.15) is 5.26 Å². The van der Waals surface area contributed by atoms with Gasteiger partial charge in [-0.15, -0.1) is 0 Å². The Kier molecular flexibility index (Phi) is 4.16. The molecule has 1 rings (SSSR count). The Morgan fingerprint density at radius 3 is 3.15 bits per heavy atom. The van der Waals surface area contributed by atoms with Gasteiger partial charge in [-0.05, 0) is 19.8 Å². The first kappa shape index (κ1) is 10.5. The molecule has 0 aromatic heterocycles. The van der Waals surface area contributed by atoms with Crippen molar-refractivity contribution >= 4 is 0 Å². The first-order valence-electron chi connectivity index (χ1n) is 4.66. The summed E-state index contributed by atoms with van der Waals surface area (Å²) in [7, 11) is 0. The molecule has 1 aliphatic heterocycles. The van der Waals surface area contributed by atoms with Gasteiger partial charge in [-0.1, -0.05) is 0 Å². The Balaban J connectivity index is 2.41. The monoisotopic (exact) mass is 184 g/mol. The molecule has 3 unspecified atom stereocenters. The summed E-state index contributed by atoms with van der Waals surface area (Å²) in [6.45, 7) is 2.65. The van der Waals surface area contributed by atoms with Crippen molar-refractivity contribution in [2.24, 2.45) is 0 Å². The zero-order valence-electron chi connectivity index (χ0n) is 7.86. The molecule has 0 amide bonds. The second kappa shape index (κ2) is 5.18. The van der Waals surface area contributed by atoms with Crippen molar-refractivity contribution in [3.63, 3.8) is 0 Å². The molecule has 0 saturated carbocycles. The number of nitrogens with zero attached hydrogens (tertiary/aromatic N) is 1. The van der Waals surface area contributed by atoms with E-state index in [1.165, 1.54) is 0 Å². The summed E-state index contributed by atoms with van der Waals surface area (Å²) in [4.78, 5) is 0. The molecule has 0 aromatic rings. The molecule has 1 heterocycles. The van der Waals surface area contributed by atoms with E-state index < -0.39 is 0 Å². The SMILES string of the molecule is CC(CO)NC1CCCOC1C#N. The van der Waals surface area contributed by atoms with E-state index in [9.17, 15) is 0 Å². The minimum atomic E-state index is -0.359. The molecule has 3 atom stereocenters. The van der Waals surface area contributed by atoms with E-state index >= 15 is 0 Å². The second-order valence-electron chi connectivity index (χ2n) is 3.42. The standard InChI is InChI=1S/C9H16N2O2/c1-7(6-12)11-8-3-2-4-13-9(8)5-10/h7-9,11-12H,2-4,6H2,1H3. The molecule has 1 fully saturated rings. The predicted molar refractivity (Wildman–Crippen MR) is 48.1 cm³/mol. The van der Waals surface area contributed by atoms with E-state index in [0.717, 1.165) is 12.8 Å². The average molecular weight is 184 g/mol. The quantitative estimate of drug-likeness (QED) is 0.649. The Morgan fingerprint density at radius 2 is 2.54 bits per heavy atom. The van der Waals surface area contributed by atoms with E-state index in [0.29, 0.717) is 6.61 Å². The van der Waals surface area contributed by atoms with Crippen molar-refractivity contribution in [1.29, 1.82) is 5.26 Å². The van der Waals surface area contributed by atoms with Crippen LogP contribution in [-0.4, -0.2) is 36.5 Å². The second-order valence-corrected chi connectivity index (χ2v) is 3.42. The molecule has 0 radical (unpaired) electrons. The van der Waals surface area contributed by atoms with Gasteiger partial charge in [-0.25, -0.2) is 0 Å². The summed E-state index contributed by atoms with van der Waals surface area (Å²) < 4.78 is 5.28. The van der Waals surface area contributed by atoms with E-state index in [4.69, 9.17) is 15.1 Å². The lowest BCUT2D eigenvalue weighted by molar-refractivity contribution is 0.0200. The number of aliphatic hydroxyl groups is 1. The average Bonchev–Trinajstić information content (AvgIpc) is 2.18. The van der Waals surface area contributed by atoms with Crippen LogP contribution in [0.1, 0.15) is 19.8 Å². The summed E-state index contributed by atoms with van der Waals surface area (Å²) in [6.07, 6.45) is 1.57. The lowest BCUT2D eigenvalue weighted by atomic mass is 10.0. The number of aliphatic hydroxyl groups excluding tert-OH is 1. The number of hydrogen-bond acceptors (Lipinski definition) is 4. The van der Waals surface area contributed by atoms with Crippen LogP contribution in [-0.2, 0) is 4.74 Å². The van der Waals surface area contributed by atoms with Crippen LogP contribution in [0.3, 0.4) is 0 Å². The Morgan fingerprint density at radius 1 is 1.77 bits per heavy atom. The zero-order chi connectivity index (χ0) is 9.68. The Hall–Kier alpha value is -0.630. The topological polar surface area (TPSA) is 65.3 Å². The molecule has 1 saturated heterocycles. The summed E-state index contributed by atoms with van der Waals surface area (Å²) in [5.41, 5.74) is 0. The molecule has 4 heteroatoms. The largest absolute Gasteiger partial charge is 0.395 e.